The molecule has 0 spiro atoms. The molecule has 0 radical (unpaired) electrons. The summed E-state index contributed by atoms with van der Waals surface area (Å²) in [4.78, 5) is 20.0. The Hall–Kier alpha value is -0.810. The summed E-state index contributed by atoms with van der Waals surface area (Å²) in [6.45, 7) is 9.13. The van der Waals surface area contributed by atoms with E-state index in [4.69, 9.17) is 4.89 Å². The second kappa shape index (κ2) is 6.63. The van der Waals surface area contributed by atoms with Crippen molar-refractivity contribution in [2.24, 2.45) is 0 Å². The van der Waals surface area contributed by atoms with Gasteiger partial charge in [0.1, 0.15) is 5.60 Å². The van der Waals surface area contributed by atoms with E-state index in [0.29, 0.717) is 0 Å². The van der Waals surface area contributed by atoms with E-state index in [1.807, 2.05) is 20.8 Å². The molecular formula is C10H20O5. The van der Waals surface area contributed by atoms with E-state index >= 15 is 0 Å². The zero-order valence-corrected chi connectivity index (χ0v) is 10.0. The van der Waals surface area contributed by atoms with Crippen molar-refractivity contribution in [3.8, 4) is 0 Å². The van der Waals surface area contributed by atoms with Crippen LogP contribution in [0.3, 0.4) is 0 Å². The lowest BCUT2D eigenvalue weighted by molar-refractivity contribution is -0.517. The van der Waals surface area contributed by atoms with Gasteiger partial charge in [0.15, 0.2) is 0 Å². The number of hydrogen-bond donors (Lipinski definition) is 0. The van der Waals surface area contributed by atoms with Gasteiger partial charge in [0.25, 0.3) is 0 Å². The van der Waals surface area contributed by atoms with Crippen LogP contribution in [0.2, 0.25) is 0 Å². The molecule has 5 nitrogen and oxygen atoms in total. The molecule has 0 aliphatic rings. The first-order chi connectivity index (χ1) is 6.87. The Bertz CT molecular complexity index is 188. The van der Waals surface area contributed by atoms with E-state index in [1.54, 1.807) is 13.8 Å². The summed E-state index contributed by atoms with van der Waals surface area (Å²) in [7, 11) is 0. The predicted octanol–water partition coefficient (Wildman–Crippen LogP) is 2.99. The fourth-order valence-corrected chi connectivity index (χ4v) is 0.993. The third-order valence-corrected chi connectivity index (χ3v) is 1.55. The Kier molecular flexibility index (Phi) is 6.27. The van der Waals surface area contributed by atoms with Crippen LogP contribution in [-0.2, 0) is 19.6 Å². The van der Waals surface area contributed by atoms with Crippen LogP contribution < -0.4 is 0 Å². The van der Waals surface area contributed by atoms with E-state index in [-0.39, 0.29) is 6.10 Å². The average Bonchev–Trinajstić information content (AvgIpc) is 2.01. The minimum atomic E-state index is -0.905. The fourth-order valence-electron chi connectivity index (χ4n) is 0.993. The molecule has 0 aromatic rings. The van der Waals surface area contributed by atoms with Crippen LogP contribution in [0.5, 0.6) is 0 Å². The van der Waals surface area contributed by atoms with Gasteiger partial charge in [-0.25, -0.2) is 9.68 Å². The summed E-state index contributed by atoms with van der Waals surface area (Å²) < 4.78 is 4.66. The van der Waals surface area contributed by atoms with E-state index in [2.05, 4.69) is 14.7 Å². The SMILES string of the molecule is CCCC(C)(C)OOOC(=O)OC(C)C. The summed E-state index contributed by atoms with van der Waals surface area (Å²) in [5.41, 5.74) is -0.479. The number of rotatable bonds is 6. The minimum absolute atomic E-state index is 0.246. The zero-order chi connectivity index (χ0) is 11.9. The first kappa shape index (κ1) is 14.2. The lowest BCUT2D eigenvalue weighted by atomic mass is 10.0. The third-order valence-electron chi connectivity index (χ3n) is 1.55. The van der Waals surface area contributed by atoms with Crippen molar-refractivity contribution in [3.63, 3.8) is 0 Å². The summed E-state index contributed by atoms with van der Waals surface area (Å²) in [6.07, 6.45) is 0.601. The van der Waals surface area contributed by atoms with Crippen LogP contribution in [-0.4, -0.2) is 17.9 Å². The molecule has 0 aromatic carbocycles. The number of carbonyl (C=O) groups is 1. The quantitative estimate of drug-likeness (QED) is 0.391. The van der Waals surface area contributed by atoms with Gasteiger partial charge in [0.05, 0.1) is 6.10 Å². The van der Waals surface area contributed by atoms with E-state index in [0.717, 1.165) is 12.8 Å². The van der Waals surface area contributed by atoms with Crippen molar-refractivity contribution < 1.29 is 24.3 Å². The van der Waals surface area contributed by atoms with Crippen molar-refractivity contribution in [2.45, 2.75) is 59.2 Å². The van der Waals surface area contributed by atoms with Crippen LogP contribution in [0.4, 0.5) is 4.79 Å². The maximum absolute atomic E-state index is 10.8. The molecular weight excluding hydrogens is 200 g/mol. The van der Waals surface area contributed by atoms with Gasteiger partial charge in [-0.2, -0.15) is 4.89 Å². The maximum atomic E-state index is 10.8. The molecule has 0 N–H and O–H groups in total. The van der Waals surface area contributed by atoms with Gasteiger partial charge in [0.2, 0.25) is 0 Å². The molecule has 0 fully saturated rings. The topological polar surface area (TPSA) is 54.0 Å². The van der Waals surface area contributed by atoms with Gasteiger partial charge < -0.3 is 4.74 Å². The number of carbonyl (C=O) groups excluding carboxylic acids is 1. The Balaban J connectivity index is 3.65. The highest BCUT2D eigenvalue weighted by Crippen LogP contribution is 2.16. The van der Waals surface area contributed by atoms with Crippen LogP contribution >= 0.6 is 0 Å². The lowest BCUT2D eigenvalue weighted by Gasteiger charge is -2.20. The molecule has 0 atom stereocenters. The molecule has 0 saturated heterocycles. The van der Waals surface area contributed by atoms with Crippen LogP contribution in [0.1, 0.15) is 47.5 Å². The molecule has 0 unspecified atom stereocenters. The van der Waals surface area contributed by atoms with Crippen molar-refractivity contribution >= 4 is 6.16 Å². The van der Waals surface area contributed by atoms with Gasteiger partial charge >= 0.3 is 6.16 Å². The van der Waals surface area contributed by atoms with Crippen LogP contribution in [0.15, 0.2) is 0 Å². The monoisotopic (exact) mass is 220 g/mol. The highest BCUT2D eigenvalue weighted by atomic mass is 17.5. The minimum Gasteiger partial charge on any atom is -0.430 e. The van der Waals surface area contributed by atoms with Crippen LogP contribution in [0, 0.1) is 0 Å². The normalized spacial score (nSPS) is 11.6. The largest absolute Gasteiger partial charge is 0.542 e. The molecule has 0 aromatic heterocycles. The molecule has 0 aliphatic heterocycles. The Morgan fingerprint density at radius 1 is 1.33 bits per heavy atom. The van der Waals surface area contributed by atoms with Crippen LogP contribution in [0.25, 0.3) is 0 Å². The second-order valence-corrected chi connectivity index (χ2v) is 4.16. The molecule has 0 aliphatic carbocycles. The van der Waals surface area contributed by atoms with Gasteiger partial charge in [-0.1, -0.05) is 13.3 Å². The van der Waals surface area contributed by atoms with E-state index < -0.39 is 11.8 Å². The highest BCUT2D eigenvalue weighted by Gasteiger charge is 2.20. The molecule has 15 heavy (non-hydrogen) atoms. The average molecular weight is 220 g/mol. The Morgan fingerprint density at radius 3 is 2.40 bits per heavy atom. The lowest BCUT2D eigenvalue weighted by Crippen LogP contribution is -2.25. The van der Waals surface area contributed by atoms with E-state index in [1.165, 1.54) is 0 Å². The maximum Gasteiger partial charge on any atom is 0.542 e. The molecule has 0 amide bonds. The fraction of sp³-hybridized carbons (Fsp3) is 0.900. The van der Waals surface area contributed by atoms with Crippen molar-refractivity contribution in [1.82, 2.24) is 0 Å². The Morgan fingerprint density at radius 2 is 1.93 bits per heavy atom. The predicted molar refractivity (Wildman–Crippen MR) is 53.9 cm³/mol. The first-order valence-corrected chi connectivity index (χ1v) is 5.10. The first-order valence-electron chi connectivity index (χ1n) is 5.10. The van der Waals surface area contributed by atoms with E-state index in [9.17, 15) is 4.79 Å². The van der Waals surface area contributed by atoms with Gasteiger partial charge in [-0.15, -0.1) is 0 Å². The van der Waals surface area contributed by atoms with Crippen molar-refractivity contribution in [1.29, 1.82) is 0 Å². The molecule has 0 heterocycles. The Labute approximate surface area is 90.5 Å². The van der Waals surface area contributed by atoms with Crippen molar-refractivity contribution in [3.05, 3.63) is 0 Å². The van der Waals surface area contributed by atoms with Crippen molar-refractivity contribution in [2.75, 3.05) is 0 Å². The molecule has 0 saturated carbocycles. The van der Waals surface area contributed by atoms with Gasteiger partial charge in [-0.3, -0.25) is 0 Å². The third kappa shape index (κ3) is 8.20. The highest BCUT2D eigenvalue weighted by molar-refractivity contribution is 5.59. The summed E-state index contributed by atoms with van der Waals surface area (Å²) in [6, 6.07) is 0. The smallest absolute Gasteiger partial charge is 0.430 e. The van der Waals surface area contributed by atoms with Gasteiger partial charge in [-0.05, 0) is 39.2 Å². The van der Waals surface area contributed by atoms with Gasteiger partial charge in [0, 0.05) is 0 Å². The molecule has 5 heteroatoms. The summed E-state index contributed by atoms with van der Waals surface area (Å²) >= 11 is 0. The summed E-state index contributed by atoms with van der Waals surface area (Å²) in [5, 5.41) is 4.34. The second-order valence-electron chi connectivity index (χ2n) is 4.16. The number of hydrogen-bond acceptors (Lipinski definition) is 5. The molecule has 0 bridgehead atoms. The summed E-state index contributed by atoms with van der Waals surface area (Å²) in [5.74, 6) is 0. The zero-order valence-electron chi connectivity index (χ0n) is 10.0. The molecule has 90 valence electrons. The standard InChI is InChI=1S/C10H20O5/c1-6-7-10(4,5)14-15-13-9(11)12-8(2)3/h8H,6-7H2,1-5H3. The number of ether oxygens (including phenoxy) is 1. The molecule has 0 rings (SSSR count).